The quantitative estimate of drug-likeness (QED) is 0.710. The van der Waals surface area contributed by atoms with Crippen molar-refractivity contribution >= 4 is 11.9 Å². The number of aryl methyl sites for hydroxylation is 1. The highest BCUT2D eigenvalue weighted by Gasteiger charge is 2.24. The van der Waals surface area contributed by atoms with Gasteiger partial charge < -0.3 is 9.47 Å². The van der Waals surface area contributed by atoms with Gasteiger partial charge in [0, 0.05) is 20.3 Å². The molecule has 0 aliphatic heterocycles. The van der Waals surface area contributed by atoms with Crippen molar-refractivity contribution < 1.29 is 14.3 Å². The van der Waals surface area contributed by atoms with Crippen LogP contribution in [0.15, 0.2) is 30.3 Å². The molecule has 1 aromatic heterocycles. The Morgan fingerprint density at radius 3 is 2.62 bits per heavy atom. The summed E-state index contributed by atoms with van der Waals surface area (Å²) in [5, 5.41) is 17.6. The van der Waals surface area contributed by atoms with Crippen molar-refractivity contribution in [1.82, 2.24) is 10.2 Å². The number of rotatable bonds is 7. The summed E-state index contributed by atoms with van der Waals surface area (Å²) >= 11 is 0. The van der Waals surface area contributed by atoms with Gasteiger partial charge in [-0.2, -0.15) is 10.4 Å². The van der Waals surface area contributed by atoms with Crippen LogP contribution in [0.2, 0.25) is 0 Å². The van der Waals surface area contributed by atoms with Crippen LogP contribution in [0.25, 0.3) is 0 Å². The van der Waals surface area contributed by atoms with Crippen LogP contribution in [0.5, 0.6) is 0 Å². The molecule has 26 heavy (non-hydrogen) atoms. The second-order valence-corrected chi connectivity index (χ2v) is 5.76. The standard InChI is InChI=1S/C19H22N4O3/c1-14-15(2)21-22-18(17(14)12-20)23(10-7-11-25-3)19(24)26-13-16-8-5-4-6-9-16/h4-6,8-9H,7,10-11,13H2,1-3H3. The molecule has 7 heteroatoms. The summed E-state index contributed by atoms with van der Waals surface area (Å²) < 4.78 is 10.5. The molecule has 0 radical (unpaired) electrons. The van der Waals surface area contributed by atoms with E-state index in [4.69, 9.17) is 9.47 Å². The Kier molecular flexibility index (Phi) is 7.06. The number of carbonyl (C=O) groups is 1. The van der Waals surface area contributed by atoms with Gasteiger partial charge in [0.25, 0.3) is 0 Å². The summed E-state index contributed by atoms with van der Waals surface area (Å²) in [7, 11) is 1.59. The maximum Gasteiger partial charge on any atom is 0.415 e. The summed E-state index contributed by atoms with van der Waals surface area (Å²) in [4.78, 5) is 14.0. The Morgan fingerprint density at radius 2 is 1.96 bits per heavy atom. The molecular formula is C19H22N4O3. The number of hydrogen-bond acceptors (Lipinski definition) is 6. The van der Waals surface area contributed by atoms with E-state index in [9.17, 15) is 10.1 Å². The zero-order chi connectivity index (χ0) is 18.9. The highest BCUT2D eigenvalue weighted by molar-refractivity contribution is 5.88. The lowest BCUT2D eigenvalue weighted by Crippen LogP contribution is -2.35. The Morgan fingerprint density at radius 1 is 1.23 bits per heavy atom. The van der Waals surface area contributed by atoms with Crippen LogP contribution in [0.1, 0.15) is 28.8 Å². The van der Waals surface area contributed by atoms with Gasteiger partial charge in [-0.25, -0.2) is 4.79 Å². The maximum atomic E-state index is 12.7. The SMILES string of the molecule is COCCCN(C(=O)OCc1ccccc1)c1nnc(C)c(C)c1C#N. The molecule has 0 spiro atoms. The fourth-order valence-electron chi connectivity index (χ4n) is 2.37. The number of hydrogen-bond donors (Lipinski definition) is 0. The van der Waals surface area contributed by atoms with Gasteiger partial charge in [-0.05, 0) is 31.4 Å². The summed E-state index contributed by atoms with van der Waals surface area (Å²) in [6, 6.07) is 11.5. The first-order chi connectivity index (χ1) is 12.6. The minimum absolute atomic E-state index is 0.139. The minimum Gasteiger partial charge on any atom is -0.444 e. The zero-order valence-electron chi connectivity index (χ0n) is 15.2. The molecule has 2 aromatic rings. The minimum atomic E-state index is -0.570. The van der Waals surface area contributed by atoms with Gasteiger partial charge in [-0.3, -0.25) is 4.90 Å². The molecule has 2 rings (SSSR count). The number of amides is 1. The molecule has 0 atom stereocenters. The van der Waals surface area contributed by atoms with Crippen LogP contribution >= 0.6 is 0 Å². The molecule has 1 heterocycles. The highest BCUT2D eigenvalue weighted by Crippen LogP contribution is 2.22. The van der Waals surface area contributed by atoms with Crippen LogP contribution in [0, 0.1) is 25.2 Å². The highest BCUT2D eigenvalue weighted by atomic mass is 16.6. The number of aromatic nitrogens is 2. The summed E-state index contributed by atoms with van der Waals surface area (Å²) in [5.41, 5.74) is 2.56. The fraction of sp³-hybridized carbons (Fsp3) is 0.368. The Hall–Kier alpha value is -2.98. The number of anilines is 1. The lowest BCUT2D eigenvalue weighted by atomic mass is 10.1. The van der Waals surface area contributed by atoms with E-state index in [1.165, 1.54) is 4.90 Å². The first-order valence-corrected chi connectivity index (χ1v) is 8.29. The number of ether oxygens (including phenoxy) is 2. The van der Waals surface area contributed by atoms with Crippen LogP contribution in [0.3, 0.4) is 0 Å². The van der Waals surface area contributed by atoms with Crippen molar-refractivity contribution in [3.8, 4) is 6.07 Å². The second-order valence-electron chi connectivity index (χ2n) is 5.76. The Balaban J connectivity index is 2.24. The molecule has 7 nitrogen and oxygen atoms in total. The van der Waals surface area contributed by atoms with Gasteiger partial charge in [-0.15, -0.1) is 5.10 Å². The predicted molar refractivity (Wildman–Crippen MR) is 96.7 cm³/mol. The summed E-state index contributed by atoms with van der Waals surface area (Å²) in [6.45, 7) is 4.49. The predicted octanol–water partition coefficient (Wildman–Crippen LogP) is 3.14. The van der Waals surface area contributed by atoms with Gasteiger partial charge in [0.2, 0.25) is 0 Å². The molecule has 0 aliphatic carbocycles. The summed E-state index contributed by atoms with van der Waals surface area (Å²) in [6.07, 6.45) is 0.00941. The van der Waals surface area contributed by atoms with E-state index in [-0.39, 0.29) is 12.4 Å². The molecule has 0 saturated carbocycles. The van der Waals surface area contributed by atoms with Crippen molar-refractivity contribution in [3.05, 3.63) is 52.7 Å². The smallest absolute Gasteiger partial charge is 0.415 e. The van der Waals surface area contributed by atoms with Gasteiger partial charge >= 0.3 is 6.09 Å². The first-order valence-electron chi connectivity index (χ1n) is 8.29. The molecule has 136 valence electrons. The lowest BCUT2D eigenvalue weighted by molar-refractivity contribution is 0.145. The number of carbonyl (C=O) groups excluding carboxylic acids is 1. The molecule has 0 aliphatic rings. The number of nitriles is 1. The van der Waals surface area contributed by atoms with E-state index in [1.807, 2.05) is 30.3 Å². The average Bonchev–Trinajstić information content (AvgIpc) is 2.66. The first kappa shape index (κ1) is 19.3. The van der Waals surface area contributed by atoms with Crippen molar-refractivity contribution in [2.24, 2.45) is 0 Å². The molecule has 0 fully saturated rings. The average molecular weight is 354 g/mol. The van der Waals surface area contributed by atoms with Crippen LogP contribution < -0.4 is 4.90 Å². The third-order valence-corrected chi connectivity index (χ3v) is 3.96. The Labute approximate surface area is 153 Å². The molecule has 0 bridgehead atoms. The van der Waals surface area contributed by atoms with E-state index >= 15 is 0 Å². The molecule has 1 amide bonds. The van der Waals surface area contributed by atoms with Crippen LogP contribution in [-0.4, -0.2) is 36.6 Å². The third kappa shape index (κ3) is 4.77. The topological polar surface area (TPSA) is 88.3 Å². The van der Waals surface area contributed by atoms with Gasteiger partial charge in [0.15, 0.2) is 5.82 Å². The van der Waals surface area contributed by atoms with E-state index in [1.54, 1.807) is 21.0 Å². The molecule has 0 N–H and O–H groups in total. The van der Waals surface area contributed by atoms with Crippen molar-refractivity contribution in [2.45, 2.75) is 26.9 Å². The van der Waals surface area contributed by atoms with E-state index in [2.05, 4.69) is 16.3 Å². The summed E-state index contributed by atoms with van der Waals surface area (Å²) in [5.74, 6) is 0.213. The van der Waals surface area contributed by atoms with E-state index in [0.29, 0.717) is 36.4 Å². The molecular weight excluding hydrogens is 332 g/mol. The van der Waals surface area contributed by atoms with Gasteiger partial charge in [0.05, 0.1) is 5.69 Å². The van der Waals surface area contributed by atoms with Gasteiger partial charge in [-0.1, -0.05) is 30.3 Å². The van der Waals surface area contributed by atoms with Gasteiger partial charge in [0.1, 0.15) is 18.2 Å². The second kappa shape index (κ2) is 9.49. The van der Waals surface area contributed by atoms with Crippen molar-refractivity contribution in [1.29, 1.82) is 5.26 Å². The van der Waals surface area contributed by atoms with Crippen LogP contribution in [0.4, 0.5) is 10.6 Å². The monoisotopic (exact) mass is 354 g/mol. The molecule has 1 aromatic carbocycles. The number of benzene rings is 1. The lowest BCUT2D eigenvalue weighted by Gasteiger charge is -2.22. The van der Waals surface area contributed by atoms with E-state index < -0.39 is 6.09 Å². The molecule has 0 unspecified atom stereocenters. The van der Waals surface area contributed by atoms with Crippen molar-refractivity contribution in [2.75, 3.05) is 25.2 Å². The van der Waals surface area contributed by atoms with Crippen molar-refractivity contribution in [3.63, 3.8) is 0 Å². The number of methoxy groups -OCH3 is 1. The van der Waals surface area contributed by atoms with Crippen LogP contribution in [-0.2, 0) is 16.1 Å². The number of nitrogens with zero attached hydrogens (tertiary/aromatic N) is 4. The molecule has 0 saturated heterocycles. The fourth-order valence-corrected chi connectivity index (χ4v) is 2.37. The maximum absolute atomic E-state index is 12.7. The Bertz CT molecular complexity index is 787. The zero-order valence-corrected chi connectivity index (χ0v) is 15.2. The largest absolute Gasteiger partial charge is 0.444 e. The van der Waals surface area contributed by atoms with E-state index in [0.717, 1.165) is 5.56 Å². The third-order valence-electron chi connectivity index (χ3n) is 3.96. The normalized spacial score (nSPS) is 10.2.